The van der Waals surface area contributed by atoms with E-state index in [1.165, 1.54) is 4.31 Å². The monoisotopic (exact) mass is 302 g/mol. The zero-order valence-electron chi connectivity index (χ0n) is 11.9. The van der Waals surface area contributed by atoms with Crippen molar-refractivity contribution in [2.45, 2.75) is 18.4 Å². The van der Waals surface area contributed by atoms with Crippen LogP contribution in [-0.4, -0.2) is 45.4 Å². The minimum atomic E-state index is -3.38. The van der Waals surface area contributed by atoms with Gasteiger partial charge in [-0.3, -0.25) is 0 Å². The van der Waals surface area contributed by atoms with E-state index < -0.39 is 10.0 Å². The summed E-state index contributed by atoms with van der Waals surface area (Å²) in [5.41, 5.74) is 2.11. The quantitative estimate of drug-likeness (QED) is 0.833. The van der Waals surface area contributed by atoms with Gasteiger partial charge in [0.25, 0.3) is 0 Å². The summed E-state index contributed by atoms with van der Waals surface area (Å²) in [7, 11) is 0.104. The fourth-order valence-corrected chi connectivity index (χ4v) is 3.50. The van der Waals surface area contributed by atoms with Crippen molar-refractivity contribution >= 4 is 21.8 Å². The second-order valence-electron chi connectivity index (χ2n) is 4.44. The average molecular weight is 302 g/mol. The lowest BCUT2D eigenvalue weighted by molar-refractivity contribution is 0.488. The molecule has 1 aromatic rings. The lowest BCUT2D eigenvalue weighted by Gasteiger charge is -2.17. The number of nitrogens with zero attached hydrogens (tertiary/aromatic N) is 1. The van der Waals surface area contributed by atoms with Gasteiger partial charge < -0.3 is 5.32 Å². The fourth-order valence-electron chi connectivity index (χ4n) is 1.71. The smallest absolute Gasteiger partial charge is 0.242 e. The fraction of sp³-hybridized carbons (Fsp3) is 0.538. The van der Waals surface area contributed by atoms with Gasteiger partial charge in [0.1, 0.15) is 0 Å². The zero-order valence-corrected chi connectivity index (χ0v) is 13.6. The number of benzene rings is 1. The Kier molecular flexibility index (Phi) is 6.32. The van der Waals surface area contributed by atoms with Crippen molar-refractivity contribution in [3.8, 4) is 0 Å². The van der Waals surface area contributed by atoms with E-state index in [4.69, 9.17) is 0 Å². The van der Waals surface area contributed by atoms with Crippen molar-refractivity contribution in [2.75, 3.05) is 32.6 Å². The molecule has 0 aliphatic heterocycles. The van der Waals surface area contributed by atoms with Crippen LogP contribution in [0, 0.1) is 6.92 Å². The zero-order chi connectivity index (χ0) is 14.5. The summed E-state index contributed by atoms with van der Waals surface area (Å²) >= 11 is 1.64. The molecule has 0 spiro atoms. The lowest BCUT2D eigenvalue weighted by Crippen LogP contribution is -2.29. The molecule has 0 amide bonds. The van der Waals surface area contributed by atoms with Gasteiger partial charge in [-0.05, 0) is 43.5 Å². The topological polar surface area (TPSA) is 49.4 Å². The summed E-state index contributed by atoms with van der Waals surface area (Å²) in [5, 5.41) is 3.06. The Bertz CT molecular complexity index is 515. The van der Waals surface area contributed by atoms with Gasteiger partial charge in [0.05, 0.1) is 4.90 Å². The summed E-state index contributed by atoms with van der Waals surface area (Å²) in [5.74, 6) is 0.797. The molecule has 0 saturated carbocycles. The molecule has 108 valence electrons. The molecule has 1 aromatic carbocycles. The van der Waals surface area contributed by atoms with Gasteiger partial charge in [-0.2, -0.15) is 11.8 Å². The second kappa shape index (κ2) is 7.28. The highest BCUT2D eigenvalue weighted by molar-refractivity contribution is 7.98. The molecule has 1 N–H and O–H groups in total. The normalized spacial score (nSPS) is 12.1. The predicted molar refractivity (Wildman–Crippen MR) is 82.1 cm³/mol. The summed E-state index contributed by atoms with van der Waals surface area (Å²) in [4.78, 5) is 0.368. The Morgan fingerprint density at radius 3 is 2.63 bits per heavy atom. The van der Waals surface area contributed by atoms with E-state index in [-0.39, 0.29) is 0 Å². The van der Waals surface area contributed by atoms with Gasteiger partial charge in [-0.1, -0.05) is 6.07 Å². The SMILES string of the molecule is CNCc1cc(S(=O)(=O)N(C)CCSC)ccc1C. The Morgan fingerprint density at radius 2 is 2.05 bits per heavy atom. The number of nitrogens with one attached hydrogen (secondary N) is 1. The summed E-state index contributed by atoms with van der Waals surface area (Å²) in [6, 6.07) is 5.30. The molecule has 0 aliphatic rings. The maximum Gasteiger partial charge on any atom is 0.242 e. The molecule has 0 radical (unpaired) electrons. The summed E-state index contributed by atoms with van der Waals surface area (Å²) < 4.78 is 26.2. The van der Waals surface area contributed by atoms with Crippen LogP contribution in [0.3, 0.4) is 0 Å². The highest BCUT2D eigenvalue weighted by Gasteiger charge is 2.20. The van der Waals surface area contributed by atoms with E-state index in [1.54, 1.807) is 30.9 Å². The van der Waals surface area contributed by atoms with Crippen LogP contribution in [-0.2, 0) is 16.6 Å². The van der Waals surface area contributed by atoms with Crippen molar-refractivity contribution < 1.29 is 8.42 Å². The molecular formula is C13H22N2O2S2. The van der Waals surface area contributed by atoms with E-state index in [0.29, 0.717) is 18.0 Å². The molecule has 0 aromatic heterocycles. The minimum absolute atomic E-state index is 0.368. The van der Waals surface area contributed by atoms with Crippen LogP contribution < -0.4 is 5.32 Å². The molecule has 0 fully saturated rings. The third kappa shape index (κ3) is 4.21. The number of sulfonamides is 1. The van der Waals surface area contributed by atoms with E-state index in [9.17, 15) is 8.42 Å². The molecule has 6 heteroatoms. The van der Waals surface area contributed by atoms with Crippen molar-refractivity contribution in [3.63, 3.8) is 0 Å². The lowest BCUT2D eigenvalue weighted by atomic mass is 10.1. The Hall–Kier alpha value is -0.560. The van der Waals surface area contributed by atoms with E-state index in [1.807, 2.05) is 26.3 Å². The van der Waals surface area contributed by atoms with Gasteiger partial charge in [-0.15, -0.1) is 0 Å². The number of hydrogen-bond acceptors (Lipinski definition) is 4. The molecule has 1 rings (SSSR count). The maximum absolute atomic E-state index is 12.4. The predicted octanol–water partition coefficient (Wildman–Crippen LogP) is 1.70. The summed E-state index contributed by atoms with van der Waals surface area (Å²) in [6.45, 7) is 3.18. The first kappa shape index (κ1) is 16.5. The van der Waals surface area contributed by atoms with Crippen molar-refractivity contribution in [2.24, 2.45) is 0 Å². The number of aryl methyl sites for hydroxylation is 1. The first-order valence-electron chi connectivity index (χ1n) is 6.13. The van der Waals surface area contributed by atoms with Crippen molar-refractivity contribution in [1.82, 2.24) is 9.62 Å². The van der Waals surface area contributed by atoms with Crippen LogP contribution in [0.5, 0.6) is 0 Å². The van der Waals surface area contributed by atoms with Gasteiger partial charge in [0.2, 0.25) is 10.0 Å². The first-order valence-corrected chi connectivity index (χ1v) is 8.96. The third-order valence-corrected chi connectivity index (χ3v) is 5.45. The van der Waals surface area contributed by atoms with Crippen LogP contribution >= 0.6 is 11.8 Å². The highest BCUT2D eigenvalue weighted by atomic mass is 32.2. The van der Waals surface area contributed by atoms with Gasteiger partial charge in [0.15, 0.2) is 0 Å². The molecule has 19 heavy (non-hydrogen) atoms. The molecule has 0 unspecified atom stereocenters. The second-order valence-corrected chi connectivity index (χ2v) is 7.47. The molecule has 4 nitrogen and oxygen atoms in total. The third-order valence-electron chi connectivity index (χ3n) is 3.01. The maximum atomic E-state index is 12.4. The molecule has 0 heterocycles. The van der Waals surface area contributed by atoms with Crippen LogP contribution in [0.25, 0.3) is 0 Å². The molecular weight excluding hydrogens is 280 g/mol. The molecule has 0 saturated heterocycles. The van der Waals surface area contributed by atoms with Crippen LogP contribution in [0.1, 0.15) is 11.1 Å². The Balaban J connectivity index is 3.04. The Morgan fingerprint density at radius 1 is 1.37 bits per heavy atom. The highest BCUT2D eigenvalue weighted by Crippen LogP contribution is 2.19. The van der Waals surface area contributed by atoms with Crippen LogP contribution in [0.2, 0.25) is 0 Å². The van der Waals surface area contributed by atoms with Gasteiger partial charge >= 0.3 is 0 Å². The Labute approximate surface area is 120 Å². The van der Waals surface area contributed by atoms with Crippen LogP contribution in [0.15, 0.2) is 23.1 Å². The van der Waals surface area contributed by atoms with E-state index in [2.05, 4.69) is 5.32 Å². The molecule has 0 bridgehead atoms. The van der Waals surface area contributed by atoms with Gasteiger partial charge in [-0.25, -0.2) is 12.7 Å². The average Bonchev–Trinajstić information content (AvgIpc) is 2.38. The number of rotatable bonds is 7. The minimum Gasteiger partial charge on any atom is -0.316 e. The molecule has 0 atom stereocenters. The van der Waals surface area contributed by atoms with Crippen molar-refractivity contribution in [1.29, 1.82) is 0 Å². The standard InChI is InChI=1S/C13H22N2O2S2/c1-11-5-6-13(9-12(11)10-14-2)19(16,17)15(3)7-8-18-4/h5-6,9,14H,7-8,10H2,1-4H3. The van der Waals surface area contributed by atoms with E-state index in [0.717, 1.165) is 16.9 Å². The van der Waals surface area contributed by atoms with Gasteiger partial charge in [0, 0.05) is 25.9 Å². The van der Waals surface area contributed by atoms with E-state index >= 15 is 0 Å². The first-order chi connectivity index (χ1) is 8.93. The number of thioether (sulfide) groups is 1. The number of hydrogen-bond donors (Lipinski definition) is 1. The van der Waals surface area contributed by atoms with Crippen LogP contribution in [0.4, 0.5) is 0 Å². The summed E-state index contributed by atoms with van der Waals surface area (Å²) in [6.07, 6.45) is 1.97. The molecule has 0 aliphatic carbocycles. The largest absolute Gasteiger partial charge is 0.316 e. The van der Waals surface area contributed by atoms with Crippen molar-refractivity contribution in [3.05, 3.63) is 29.3 Å².